The molecule has 22 heavy (non-hydrogen) atoms. The summed E-state index contributed by atoms with van der Waals surface area (Å²) in [4.78, 5) is 12.9. The number of rotatable bonds is 13. The van der Waals surface area contributed by atoms with Crippen molar-refractivity contribution in [2.45, 2.75) is 71.1 Å². The van der Waals surface area contributed by atoms with Gasteiger partial charge in [0, 0.05) is 24.8 Å². The van der Waals surface area contributed by atoms with Gasteiger partial charge in [-0.15, -0.1) is 0 Å². The lowest BCUT2D eigenvalue weighted by Gasteiger charge is -2.19. The maximum absolute atomic E-state index is 10.6. The number of aldehydes is 1. The van der Waals surface area contributed by atoms with E-state index in [1.807, 2.05) is 24.3 Å². The molecule has 2 nitrogen and oxygen atoms in total. The van der Waals surface area contributed by atoms with Crippen LogP contribution in [0, 0.1) is 0 Å². The molecule has 0 fully saturated rings. The van der Waals surface area contributed by atoms with E-state index >= 15 is 0 Å². The third-order valence-corrected chi connectivity index (χ3v) is 4.32. The average Bonchev–Trinajstić information content (AvgIpc) is 2.56. The summed E-state index contributed by atoms with van der Waals surface area (Å²) in [5.74, 6) is 0. The van der Waals surface area contributed by atoms with Crippen LogP contribution in [-0.2, 0) is 0 Å². The number of hydrogen-bond acceptors (Lipinski definition) is 2. The van der Waals surface area contributed by atoms with E-state index in [1.165, 1.54) is 69.9 Å². The van der Waals surface area contributed by atoms with E-state index < -0.39 is 0 Å². The summed E-state index contributed by atoms with van der Waals surface area (Å²) in [5, 5.41) is 0. The number of benzene rings is 1. The Morgan fingerprint density at radius 3 is 1.82 bits per heavy atom. The number of anilines is 1. The van der Waals surface area contributed by atoms with E-state index in [2.05, 4.69) is 18.9 Å². The minimum absolute atomic E-state index is 0.746. The van der Waals surface area contributed by atoms with Gasteiger partial charge in [-0.25, -0.2) is 0 Å². The van der Waals surface area contributed by atoms with Crippen molar-refractivity contribution >= 4 is 12.0 Å². The molecule has 1 aromatic carbocycles. The first kappa shape index (κ1) is 18.7. The van der Waals surface area contributed by atoms with Gasteiger partial charge >= 0.3 is 0 Å². The standard InChI is InChI=1S/C20H33NO/c1-3-4-5-6-7-8-9-10-11-12-17-21(2)20-15-13-19(18-22)14-16-20/h13-16,18H,3-12,17H2,1-2H3. The van der Waals surface area contributed by atoms with Gasteiger partial charge in [0.25, 0.3) is 0 Å². The summed E-state index contributed by atoms with van der Waals surface area (Å²) in [6.07, 6.45) is 14.6. The molecule has 1 aromatic rings. The molecule has 0 atom stereocenters. The van der Waals surface area contributed by atoms with Crippen LogP contribution in [0.15, 0.2) is 24.3 Å². The van der Waals surface area contributed by atoms with Crippen molar-refractivity contribution in [2.75, 3.05) is 18.5 Å². The highest BCUT2D eigenvalue weighted by molar-refractivity contribution is 5.75. The van der Waals surface area contributed by atoms with Gasteiger partial charge in [0.05, 0.1) is 0 Å². The molecule has 124 valence electrons. The second-order valence-electron chi connectivity index (χ2n) is 6.31. The van der Waals surface area contributed by atoms with Gasteiger partial charge in [-0.05, 0) is 30.7 Å². The fourth-order valence-electron chi connectivity index (χ4n) is 2.77. The molecule has 0 unspecified atom stereocenters. The van der Waals surface area contributed by atoms with E-state index in [1.54, 1.807) is 0 Å². The molecule has 0 saturated heterocycles. The molecule has 0 saturated carbocycles. The van der Waals surface area contributed by atoms with Gasteiger partial charge in [-0.1, -0.05) is 64.7 Å². The molecule has 0 aliphatic heterocycles. The second kappa shape index (κ2) is 12.3. The molecular weight excluding hydrogens is 270 g/mol. The highest BCUT2D eigenvalue weighted by Gasteiger charge is 2.00. The molecule has 0 bridgehead atoms. The fourth-order valence-corrected chi connectivity index (χ4v) is 2.77. The predicted molar refractivity (Wildman–Crippen MR) is 96.9 cm³/mol. The molecule has 0 radical (unpaired) electrons. The highest BCUT2D eigenvalue weighted by atomic mass is 16.1. The summed E-state index contributed by atoms with van der Waals surface area (Å²) >= 11 is 0. The molecule has 0 N–H and O–H groups in total. The zero-order valence-corrected chi connectivity index (χ0v) is 14.5. The molecule has 0 aromatic heterocycles. The third kappa shape index (κ3) is 8.21. The minimum Gasteiger partial charge on any atom is -0.375 e. The lowest BCUT2D eigenvalue weighted by Crippen LogP contribution is -2.18. The van der Waals surface area contributed by atoms with Crippen molar-refractivity contribution in [2.24, 2.45) is 0 Å². The van der Waals surface area contributed by atoms with Gasteiger partial charge < -0.3 is 4.90 Å². The Morgan fingerprint density at radius 2 is 1.32 bits per heavy atom. The number of carbonyl (C=O) groups is 1. The molecule has 0 spiro atoms. The zero-order valence-electron chi connectivity index (χ0n) is 14.5. The minimum atomic E-state index is 0.746. The SMILES string of the molecule is CCCCCCCCCCCCN(C)c1ccc(C=O)cc1. The van der Waals surface area contributed by atoms with Gasteiger partial charge in [0.15, 0.2) is 0 Å². The lowest BCUT2D eigenvalue weighted by molar-refractivity contribution is 0.112. The van der Waals surface area contributed by atoms with Crippen LogP contribution in [0.4, 0.5) is 5.69 Å². The van der Waals surface area contributed by atoms with Crippen molar-refractivity contribution in [3.05, 3.63) is 29.8 Å². The van der Waals surface area contributed by atoms with E-state index in [9.17, 15) is 4.79 Å². The van der Waals surface area contributed by atoms with Crippen molar-refractivity contribution in [1.29, 1.82) is 0 Å². The molecule has 2 heteroatoms. The van der Waals surface area contributed by atoms with Gasteiger partial charge in [0.1, 0.15) is 6.29 Å². The summed E-state index contributed by atoms with van der Waals surface area (Å²) in [6.45, 7) is 3.37. The van der Waals surface area contributed by atoms with Gasteiger partial charge in [-0.3, -0.25) is 4.79 Å². The Bertz CT molecular complexity index is 385. The quantitative estimate of drug-likeness (QED) is 0.336. The Morgan fingerprint density at radius 1 is 0.818 bits per heavy atom. The number of hydrogen-bond donors (Lipinski definition) is 0. The van der Waals surface area contributed by atoms with Crippen LogP contribution >= 0.6 is 0 Å². The van der Waals surface area contributed by atoms with Crippen LogP contribution in [-0.4, -0.2) is 19.9 Å². The maximum atomic E-state index is 10.6. The van der Waals surface area contributed by atoms with Crippen LogP contribution in [0.2, 0.25) is 0 Å². The second-order valence-corrected chi connectivity index (χ2v) is 6.31. The first-order valence-corrected chi connectivity index (χ1v) is 9.04. The van der Waals surface area contributed by atoms with Crippen LogP contribution in [0.5, 0.6) is 0 Å². The molecule has 0 aliphatic rings. The molecule has 0 aliphatic carbocycles. The van der Waals surface area contributed by atoms with E-state index in [0.29, 0.717) is 0 Å². The smallest absolute Gasteiger partial charge is 0.150 e. The van der Waals surface area contributed by atoms with Crippen LogP contribution in [0.1, 0.15) is 81.5 Å². The average molecular weight is 303 g/mol. The predicted octanol–water partition coefficient (Wildman–Crippen LogP) is 5.86. The molecule has 0 heterocycles. The van der Waals surface area contributed by atoms with Crippen molar-refractivity contribution in [1.82, 2.24) is 0 Å². The summed E-state index contributed by atoms with van der Waals surface area (Å²) < 4.78 is 0. The van der Waals surface area contributed by atoms with E-state index in [0.717, 1.165) is 18.4 Å². The number of unbranched alkanes of at least 4 members (excludes halogenated alkanes) is 9. The molecule has 0 amide bonds. The maximum Gasteiger partial charge on any atom is 0.150 e. The third-order valence-electron chi connectivity index (χ3n) is 4.32. The van der Waals surface area contributed by atoms with Crippen LogP contribution in [0.25, 0.3) is 0 Å². The van der Waals surface area contributed by atoms with Crippen LogP contribution in [0.3, 0.4) is 0 Å². The van der Waals surface area contributed by atoms with Crippen molar-refractivity contribution < 1.29 is 4.79 Å². The van der Waals surface area contributed by atoms with E-state index in [4.69, 9.17) is 0 Å². The fraction of sp³-hybridized carbons (Fsp3) is 0.650. The molecule has 1 rings (SSSR count). The van der Waals surface area contributed by atoms with Crippen molar-refractivity contribution in [3.63, 3.8) is 0 Å². The Labute approximate surface area is 136 Å². The Balaban J connectivity index is 2.00. The number of carbonyl (C=O) groups excluding carboxylic acids is 1. The topological polar surface area (TPSA) is 20.3 Å². The largest absolute Gasteiger partial charge is 0.375 e. The normalized spacial score (nSPS) is 10.6. The first-order valence-electron chi connectivity index (χ1n) is 9.04. The summed E-state index contributed by atoms with van der Waals surface area (Å²) in [6, 6.07) is 7.83. The first-order chi connectivity index (χ1) is 10.8. The van der Waals surface area contributed by atoms with Crippen molar-refractivity contribution in [3.8, 4) is 0 Å². The highest BCUT2D eigenvalue weighted by Crippen LogP contribution is 2.15. The Kier molecular flexibility index (Phi) is 10.4. The summed E-state index contributed by atoms with van der Waals surface area (Å²) in [5.41, 5.74) is 1.94. The Hall–Kier alpha value is -1.31. The van der Waals surface area contributed by atoms with E-state index in [-0.39, 0.29) is 0 Å². The number of nitrogens with zero attached hydrogens (tertiary/aromatic N) is 1. The zero-order chi connectivity index (χ0) is 16.0. The van der Waals surface area contributed by atoms with Crippen LogP contribution < -0.4 is 4.90 Å². The molecular formula is C20H33NO. The van der Waals surface area contributed by atoms with Gasteiger partial charge in [-0.2, -0.15) is 0 Å². The summed E-state index contributed by atoms with van der Waals surface area (Å²) in [7, 11) is 2.13. The van der Waals surface area contributed by atoms with Gasteiger partial charge in [0.2, 0.25) is 0 Å². The monoisotopic (exact) mass is 303 g/mol. The lowest BCUT2D eigenvalue weighted by atomic mass is 10.1.